The van der Waals surface area contributed by atoms with Crippen molar-refractivity contribution in [1.82, 2.24) is 34.1 Å². The predicted molar refractivity (Wildman–Crippen MR) is 199 cm³/mol. The number of aromatic nitrogens is 5. The van der Waals surface area contributed by atoms with Gasteiger partial charge in [0.2, 0.25) is 11.8 Å². The molecule has 1 aliphatic carbocycles. The second-order valence-electron chi connectivity index (χ2n) is 15.9. The smallest absolute Gasteiger partial charge is 0.372 e. The van der Waals surface area contributed by atoms with Crippen molar-refractivity contribution in [1.29, 1.82) is 0 Å². The summed E-state index contributed by atoms with van der Waals surface area (Å²) in [6, 6.07) is 13.9. The molecule has 3 amide bonds. The number of rotatable bonds is 7. The van der Waals surface area contributed by atoms with Gasteiger partial charge in [0.15, 0.2) is 0 Å². The summed E-state index contributed by atoms with van der Waals surface area (Å²) < 4.78 is 50.9. The highest BCUT2D eigenvalue weighted by molar-refractivity contribution is 6.04. The minimum Gasteiger partial charge on any atom is -0.372 e. The van der Waals surface area contributed by atoms with Gasteiger partial charge in [0, 0.05) is 56.3 Å². The minimum absolute atomic E-state index is 0.115. The van der Waals surface area contributed by atoms with E-state index in [1.807, 2.05) is 23.0 Å². The predicted octanol–water partition coefficient (Wildman–Crippen LogP) is 5.32. The molecule has 2 unspecified atom stereocenters. The summed E-state index contributed by atoms with van der Waals surface area (Å²) in [7, 11) is 1.74. The molecule has 0 bridgehead atoms. The number of amides is 3. The molecular weight excluding hydrogens is 729 g/mol. The molecule has 13 nitrogen and oxygen atoms in total. The number of aryl methyl sites for hydroxylation is 1. The van der Waals surface area contributed by atoms with E-state index in [4.69, 9.17) is 9.84 Å². The van der Waals surface area contributed by atoms with Crippen molar-refractivity contribution in [3.63, 3.8) is 0 Å². The number of imide groups is 1. The van der Waals surface area contributed by atoms with Gasteiger partial charge in [-0.2, -0.15) is 18.3 Å². The molecule has 292 valence electrons. The van der Waals surface area contributed by atoms with Gasteiger partial charge < -0.3 is 10.1 Å². The second-order valence-corrected chi connectivity index (χ2v) is 15.9. The van der Waals surface area contributed by atoms with E-state index in [0.717, 1.165) is 85.9 Å². The van der Waals surface area contributed by atoms with E-state index in [-0.39, 0.29) is 41.3 Å². The number of hydrogen-bond donors (Lipinski definition) is 2. The highest BCUT2D eigenvalue weighted by Crippen LogP contribution is 2.45. The van der Waals surface area contributed by atoms with Crippen molar-refractivity contribution in [2.45, 2.75) is 74.7 Å². The van der Waals surface area contributed by atoms with Crippen molar-refractivity contribution in [3.05, 3.63) is 88.2 Å². The Hall–Kier alpha value is -5.35. The third-order valence-corrected chi connectivity index (χ3v) is 12.1. The van der Waals surface area contributed by atoms with Gasteiger partial charge in [-0.15, -0.1) is 0 Å². The molecule has 4 fully saturated rings. The van der Waals surface area contributed by atoms with Gasteiger partial charge in [-0.3, -0.25) is 38.4 Å². The topological polar surface area (TPSA) is 145 Å². The largest absolute Gasteiger partial charge is 0.433 e. The first-order valence-corrected chi connectivity index (χ1v) is 19.1. The standard InChI is InChI=1S/C40H41F3N8O5/c1-48-35-28(4-2-6-31(35)51(38(48)55)32-14-15-34(52)46-37(32)54)25-17-39(56-20-25)21-49(22-39)18-23-8-11-27(12-9-23)50-19-24-16-26(10-13-29(24)47-50)44-36(53)30-5-3-7-33(45-30)40(41,42)43/h2-7,10,13,16,19,23,25,27,32H,8-9,11-12,14-15,17-18,20-22H2,1H3,(H,44,53)(H,46,52,54)/t23-,25?,27-,32?. The number of carbonyl (C=O) groups is 3. The Kier molecular flexibility index (Phi) is 8.87. The zero-order chi connectivity index (χ0) is 38.9. The van der Waals surface area contributed by atoms with E-state index >= 15 is 0 Å². The number of anilines is 1. The fourth-order valence-corrected chi connectivity index (χ4v) is 9.37. The lowest BCUT2D eigenvalue weighted by Crippen LogP contribution is -2.62. The Morgan fingerprint density at radius 1 is 1.02 bits per heavy atom. The first-order chi connectivity index (χ1) is 26.8. The molecule has 1 spiro atoms. The molecule has 5 aromatic rings. The van der Waals surface area contributed by atoms with Crippen LogP contribution in [0, 0.1) is 5.92 Å². The van der Waals surface area contributed by atoms with Crippen LogP contribution < -0.4 is 16.3 Å². The molecule has 3 aliphatic heterocycles. The molecular formula is C40H41F3N8O5. The number of fused-ring (bicyclic) bond motifs is 2. The van der Waals surface area contributed by atoms with Crippen LogP contribution in [0.3, 0.4) is 0 Å². The highest BCUT2D eigenvalue weighted by atomic mass is 19.4. The third-order valence-electron chi connectivity index (χ3n) is 12.1. The SMILES string of the molecule is Cn1c(=O)n(C2CCC(=O)NC2=O)c2cccc(C3COC4(C3)CN(C[C@H]3CC[C@H](n5cc6cc(NC(=O)c7cccc(C(F)(F)F)n7)ccc6n5)CC3)C4)c21. The average Bonchev–Trinajstić information content (AvgIpc) is 3.86. The molecule has 0 radical (unpaired) electrons. The fraction of sp³-hybridized carbons (Fsp3) is 0.450. The van der Waals surface area contributed by atoms with Crippen LogP contribution in [0.25, 0.3) is 21.9 Å². The summed E-state index contributed by atoms with van der Waals surface area (Å²) in [6.07, 6.45) is 2.78. The lowest BCUT2D eigenvalue weighted by Gasteiger charge is -2.49. The van der Waals surface area contributed by atoms with E-state index < -0.39 is 29.7 Å². The maximum Gasteiger partial charge on any atom is 0.433 e. The Bertz CT molecular complexity index is 2440. The fourth-order valence-electron chi connectivity index (χ4n) is 9.37. The van der Waals surface area contributed by atoms with Gasteiger partial charge in [-0.05, 0) is 86.4 Å². The number of hydrogen-bond acceptors (Lipinski definition) is 8. The van der Waals surface area contributed by atoms with Crippen LogP contribution in [-0.2, 0) is 27.5 Å². The van der Waals surface area contributed by atoms with E-state index in [2.05, 4.69) is 26.6 Å². The number of para-hydroxylation sites is 1. The van der Waals surface area contributed by atoms with Gasteiger partial charge >= 0.3 is 11.9 Å². The molecule has 2 N–H and O–H groups in total. The summed E-state index contributed by atoms with van der Waals surface area (Å²) >= 11 is 0. The quantitative estimate of drug-likeness (QED) is 0.212. The normalized spacial score (nSPS) is 24.1. The van der Waals surface area contributed by atoms with E-state index in [0.29, 0.717) is 30.1 Å². The van der Waals surface area contributed by atoms with Gasteiger partial charge in [0.25, 0.3) is 5.91 Å². The van der Waals surface area contributed by atoms with Crippen LogP contribution in [0.15, 0.2) is 65.6 Å². The van der Waals surface area contributed by atoms with Gasteiger partial charge in [-0.1, -0.05) is 18.2 Å². The maximum atomic E-state index is 13.4. The van der Waals surface area contributed by atoms with Crippen LogP contribution in [0.1, 0.15) is 84.7 Å². The molecule has 6 heterocycles. The summed E-state index contributed by atoms with van der Waals surface area (Å²) in [5.74, 6) is -0.805. The summed E-state index contributed by atoms with van der Waals surface area (Å²) in [4.78, 5) is 56.6. The number of halogens is 3. The first kappa shape index (κ1) is 36.3. The second kappa shape index (κ2) is 13.7. The van der Waals surface area contributed by atoms with E-state index in [1.54, 1.807) is 29.8 Å². The number of benzene rings is 2. The zero-order valence-electron chi connectivity index (χ0n) is 30.7. The minimum atomic E-state index is -4.64. The highest BCUT2D eigenvalue weighted by Gasteiger charge is 2.50. The van der Waals surface area contributed by atoms with Crippen molar-refractivity contribution < 1.29 is 32.3 Å². The van der Waals surface area contributed by atoms with Gasteiger partial charge in [0.05, 0.1) is 34.8 Å². The van der Waals surface area contributed by atoms with Crippen LogP contribution in [0.4, 0.5) is 18.9 Å². The molecule has 4 aliphatic rings. The Labute approximate surface area is 318 Å². The number of likely N-dealkylation sites (tertiary alicyclic amines) is 1. The Balaban J connectivity index is 0.787. The molecule has 2 atom stereocenters. The lowest BCUT2D eigenvalue weighted by molar-refractivity contribution is -0.141. The molecule has 9 rings (SSSR count). The molecule has 3 aromatic heterocycles. The summed E-state index contributed by atoms with van der Waals surface area (Å²) in [6.45, 7) is 3.30. The number of alkyl halides is 3. The van der Waals surface area contributed by atoms with E-state index in [1.165, 1.54) is 10.6 Å². The van der Waals surface area contributed by atoms with E-state index in [9.17, 15) is 32.3 Å². The van der Waals surface area contributed by atoms with Crippen molar-refractivity contribution in [3.8, 4) is 0 Å². The molecule has 16 heteroatoms. The number of nitrogens with zero attached hydrogens (tertiary/aromatic N) is 6. The van der Waals surface area contributed by atoms with Crippen molar-refractivity contribution in [2.24, 2.45) is 13.0 Å². The van der Waals surface area contributed by atoms with Crippen molar-refractivity contribution >= 4 is 45.3 Å². The number of ether oxygens (including phenoxy) is 1. The number of imidazole rings is 1. The maximum absolute atomic E-state index is 13.4. The van der Waals surface area contributed by atoms with Crippen molar-refractivity contribution in [2.75, 3.05) is 31.6 Å². The van der Waals surface area contributed by atoms with Gasteiger partial charge in [0.1, 0.15) is 17.4 Å². The first-order valence-electron chi connectivity index (χ1n) is 19.1. The Morgan fingerprint density at radius 3 is 2.57 bits per heavy atom. The average molecular weight is 771 g/mol. The number of nitrogens with one attached hydrogen (secondary N) is 2. The number of piperidine rings is 1. The van der Waals surface area contributed by atoms with Crippen LogP contribution in [0.2, 0.25) is 0 Å². The molecule has 1 saturated carbocycles. The number of carbonyl (C=O) groups excluding carboxylic acids is 3. The summed E-state index contributed by atoms with van der Waals surface area (Å²) in [5.41, 5.74) is 1.85. The van der Waals surface area contributed by atoms with Crippen LogP contribution in [-0.4, -0.2) is 78.4 Å². The number of pyridine rings is 1. The lowest BCUT2D eigenvalue weighted by atomic mass is 9.81. The van der Waals surface area contributed by atoms with Gasteiger partial charge in [-0.25, -0.2) is 9.78 Å². The molecule has 56 heavy (non-hydrogen) atoms. The monoisotopic (exact) mass is 770 g/mol. The third kappa shape index (κ3) is 6.57. The molecule has 2 aromatic carbocycles. The summed E-state index contributed by atoms with van der Waals surface area (Å²) in [5, 5.41) is 10.7. The zero-order valence-corrected chi connectivity index (χ0v) is 30.7. The molecule has 3 saturated heterocycles. The van der Waals surface area contributed by atoms with Crippen LogP contribution in [0.5, 0.6) is 0 Å². The Morgan fingerprint density at radius 2 is 1.80 bits per heavy atom. The van der Waals surface area contributed by atoms with Crippen LogP contribution >= 0.6 is 0 Å².